The van der Waals surface area contributed by atoms with E-state index in [1.165, 1.54) is 0 Å². The number of carbonyl (C=O) groups is 1. The van der Waals surface area contributed by atoms with Crippen molar-refractivity contribution in [1.29, 1.82) is 0 Å². The normalized spacial score (nSPS) is 27.3. The van der Waals surface area contributed by atoms with E-state index in [0.29, 0.717) is 19.6 Å². The van der Waals surface area contributed by atoms with Gasteiger partial charge in [-0.05, 0) is 67.9 Å². The maximum absolute atomic E-state index is 14.1. The maximum atomic E-state index is 14.1. The highest BCUT2D eigenvalue weighted by atomic mass is 32.2. The van der Waals surface area contributed by atoms with Gasteiger partial charge in [0, 0.05) is 41.6 Å². The molecule has 2 N–H and O–H groups in total. The van der Waals surface area contributed by atoms with E-state index in [0.717, 1.165) is 66.1 Å². The highest BCUT2D eigenvalue weighted by Gasteiger charge is 2.64. The lowest BCUT2D eigenvalue weighted by molar-refractivity contribution is -0.227. The first-order valence-electron chi connectivity index (χ1n) is 15.6. The number of thioether (sulfide) groups is 1. The van der Waals surface area contributed by atoms with Crippen LogP contribution in [0.3, 0.4) is 0 Å². The Balaban J connectivity index is 1.68. The molecule has 0 amide bonds. The summed E-state index contributed by atoms with van der Waals surface area (Å²) in [4.78, 5) is 15.2. The predicted octanol–water partition coefficient (Wildman–Crippen LogP) is 6.87. The first-order valence-corrected chi connectivity index (χ1v) is 16.4. The van der Waals surface area contributed by atoms with Crippen LogP contribution in [0, 0.1) is 17.8 Å². The van der Waals surface area contributed by atoms with Crippen molar-refractivity contribution in [3.05, 3.63) is 91.1 Å². The van der Waals surface area contributed by atoms with E-state index in [-0.39, 0.29) is 47.9 Å². The molecule has 1 heterocycles. The Morgan fingerprint density at radius 2 is 1.72 bits per heavy atom. The smallest absolute Gasteiger partial charge is 0.231 e. The third-order valence-corrected chi connectivity index (χ3v) is 10.3. The lowest BCUT2D eigenvalue weighted by atomic mass is 9.56. The van der Waals surface area contributed by atoms with Crippen LogP contribution >= 0.6 is 11.8 Å². The van der Waals surface area contributed by atoms with Crippen molar-refractivity contribution >= 4 is 17.5 Å². The van der Waals surface area contributed by atoms with Gasteiger partial charge in [-0.2, -0.15) is 0 Å². The minimum atomic E-state index is -1.08. The van der Waals surface area contributed by atoms with Crippen LogP contribution in [0.1, 0.15) is 56.4 Å². The molecule has 1 saturated carbocycles. The first kappa shape index (κ1) is 31.6. The maximum Gasteiger partial charge on any atom is 0.231 e. The summed E-state index contributed by atoms with van der Waals surface area (Å²) < 4.78 is 19.8. The van der Waals surface area contributed by atoms with Gasteiger partial charge in [-0.25, -0.2) is 0 Å². The fourth-order valence-corrected chi connectivity index (χ4v) is 8.53. The average molecular weight is 605 g/mol. The summed E-state index contributed by atoms with van der Waals surface area (Å²) in [5, 5.41) is 18.9. The van der Waals surface area contributed by atoms with Crippen LogP contribution in [-0.2, 0) is 9.53 Å². The number of hydrogen-bond donors (Lipinski definition) is 2. The number of Topliss-reactive ketones (excluding diaryl/α,β-unsaturated/α-hetero) is 1. The van der Waals surface area contributed by atoms with Gasteiger partial charge < -0.3 is 24.4 Å². The number of hydrogen-bond acceptors (Lipinski definition) is 7. The quantitative estimate of drug-likeness (QED) is 0.160. The van der Waals surface area contributed by atoms with Gasteiger partial charge in [-0.15, -0.1) is 18.3 Å². The summed E-state index contributed by atoms with van der Waals surface area (Å²) in [5.74, 6) is 0.537. The van der Waals surface area contributed by atoms with E-state index in [1.54, 1.807) is 23.9 Å². The van der Waals surface area contributed by atoms with Gasteiger partial charge in [-0.3, -0.25) is 4.79 Å². The number of aliphatic hydroxyl groups excluding tert-OH is 2. The van der Waals surface area contributed by atoms with Crippen LogP contribution in [0.4, 0.5) is 0 Å². The molecule has 0 saturated heterocycles. The molecule has 6 atom stereocenters. The van der Waals surface area contributed by atoms with E-state index in [9.17, 15) is 15.0 Å². The summed E-state index contributed by atoms with van der Waals surface area (Å²) >= 11 is 1.64. The Morgan fingerprint density at radius 1 is 0.977 bits per heavy atom. The second-order valence-electron chi connectivity index (χ2n) is 11.7. The fourth-order valence-electron chi connectivity index (χ4n) is 7.23. The summed E-state index contributed by atoms with van der Waals surface area (Å²) in [6.07, 6.45) is 11.0. The second-order valence-corrected chi connectivity index (χ2v) is 12.9. The van der Waals surface area contributed by atoms with Crippen LogP contribution in [0.2, 0.25) is 0 Å². The Kier molecular flexibility index (Phi) is 10.8. The lowest BCUT2D eigenvalue weighted by Gasteiger charge is -2.58. The molecule has 0 spiro atoms. The monoisotopic (exact) mass is 604 g/mol. The minimum Gasteiger partial charge on any atom is -0.490 e. The molecule has 0 bridgehead atoms. The summed E-state index contributed by atoms with van der Waals surface area (Å²) in [5.41, 5.74) is 1.84. The van der Waals surface area contributed by atoms with Crippen LogP contribution in [0.15, 0.2) is 90.4 Å². The number of benzene rings is 2. The molecule has 43 heavy (non-hydrogen) atoms. The molecule has 230 valence electrons. The molecule has 0 radical (unpaired) electrons. The summed E-state index contributed by atoms with van der Waals surface area (Å²) in [6.45, 7) is 8.73. The highest BCUT2D eigenvalue weighted by molar-refractivity contribution is 8.00. The molecule has 6 nitrogen and oxygen atoms in total. The predicted molar refractivity (Wildman–Crippen MR) is 171 cm³/mol. The van der Waals surface area contributed by atoms with E-state index < -0.39 is 5.79 Å². The molecule has 2 aromatic rings. The Hall–Kier alpha value is -2.84. The number of carbonyl (C=O) groups excluding carboxylic acids is 1. The Morgan fingerprint density at radius 3 is 2.44 bits per heavy atom. The van der Waals surface area contributed by atoms with Gasteiger partial charge in [0.2, 0.25) is 5.79 Å². The molecule has 1 fully saturated rings. The largest absolute Gasteiger partial charge is 0.490 e. The number of ketones is 1. The SMILES string of the molecule is C=CCOc1ccc2c(c1)C1C(CCCCO)C(CCCCO)C=C3C(=O)CC(Sc4ccccc4)C(OCC=C)(O2)C31. The van der Waals surface area contributed by atoms with Crippen LogP contribution in [-0.4, -0.2) is 53.5 Å². The Bertz CT molecular complexity index is 1290. The third kappa shape index (κ3) is 6.65. The number of allylic oxidation sites excluding steroid dienone is 1. The zero-order chi connectivity index (χ0) is 30.2. The van der Waals surface area contributed by atoms with Gasteiger partial charge in [0.25, 0.3) is 0 Å². The Labute approximate surface area is 259 Å². The van der Waals surface area contributed by atoms with Gasteiger partial charge in [0.15, 0.2) is 5.78 Å². The minimum absolute atomic E-state index is 0.0539. The van der Waals surface area contributed by atoms with Crippen molar-refractivity contribution in [2.75, 3.05) is 26.4 Å². The zero-order valence-corrected chi connectivity index (χ0v) is 25.7. The van der Waals surface area contributed by atoms with Crippen molar-refractivity contribution in [2.24, 2.45) is 17.8 Å². The number of unbranched alkanes of at least 4 members (excludes halogenated alkanes) is 2. The van der Waals surface area contributed by atoms with Crippen LogP contribution in [0.5, 0.6) is 11.5 Å². The van der Waals surface area contributed by atoms with Crippen LogP contribution < -0.4 is 9.47 Å². The third-order valence-electron chi connectivity index (χ3n) is 8.99. The summed E-state index contributed by atoms with van der Waals surface area (Å²) in [7, 11) is 0. The first-order chi connectivity index (χ1) is 21.1. The molecular weight excluding hydrogens is 560 g/mol. The number of ether oxygens (including phenoxy) is 3. The standard InChI is InChI=1S/C36H44O6S/c1-3-20-40-26-16-17-32-30(23-26)34-28(15-9-11-19-38)25(12-8-10-18-37)22-29-31(39)24-33(43-27-13-6-5-7-14-27)36(42-32,35(29)34)41-21-4-2/h3-7,13-14,16-17,22-23,25,28,33-35,37-38H,1-2,8-12,15,18-21,24H2. The second kappa shape index (κ2) is 14.8. The fraction of sp³-hybridized carbons (Fsp3) is 0.472. The van der Waals surface area contributed by atoms with Gasteiger partial charge in [0.05, 0.1) is 17.8 Å². The molecule has 2 aromatic carbocycles. The highest BCUT2D eigenvalue weighted by Crippen LogP contribution is 2.62. The van der Waals surface area contributed by atoms with E-state index >= 15 is 0 Å². The average Bonchev–Trinajstić information content (AvgIpc) is 3.02. The van der Waals surface area contributed by atoms with Crippen LogP contribution in [0.25, 0.3) is 0 Å². The van der Waals surface area contributed by atoms with E-state index in [1.807, 2.05) is 30.3 Å². The topological polar surface area (TPSA) is 85.2 Å². The molecule has 3 aliphatic rings. The number of rotatable bonds is 16. The molecule has 0 aromatic heterocycles. The van der Waals surface area contributed by atoms with Crippen molar-refractivity contribution in [3.63, 3.8) is 0 Å². The summed E-state index contributed by atoms with van der Waals surface area (Å²) in [6, 6.07) is 16.1. The van der Waals surface area contributed by atoms with E-state index in [2.05, 4.69) is 37.4 Å². The van der Waals surface area contributed by atoms with Crippen molar-refractivity contribution in [1.82, 2.24) is 0 Å². The number of fused-ring (bicyclic) bond motifs is 2. The molecule has 7 heteroatoms. The van der Waals surface area contributed by atoms with Crippen molar-refractivity contribution < 1.29 is 29.2 Å². The zero-order valence-electron chi connectivity index (χ0n) is 24.9. The van der Waals surface area contributed by atoms with Crippen molar-refractivity contribution in [3.8, 4) is 11.5 Å². The van der Waals surface area contributed by atoms with Gasteiger partial charge in [0.1, 0.15) is 18.1 Å². The lowest BCUT2D eigenvalue weighted by Crippen LogP contribution is -2.64. The molecule has 1 aliphatic heterocycles. The van der Waals surface area contributed by atoms with Gasteiger partial charge in [-0.1, -0.05) is 55.8 Å². The molecular formula is C36H44O6S. The van der Waals surface area contributed by atoms with Crippen molar-refractivity contribution in [2.45, 2.75) is 66.8 Å². The molecule has 2 aliphatic carbocycles. The molecule has 6 unspecified atom stereocenters. The molecule has 5 rings (SSSR count). The van der Waals surface area contributed by atoms with Gasteiger partial charge >= 0.3 is 0 Å². The number of aliphatic hydroxyl groups is 2. The van der Waals surface area contributed by atoms with E-state index in [4.69, 9.17) is 14.2 Å².